The number of ketones is 1. The minimum absolute atomic E-state index is 0.357. The number of hydrogen-bond donors (Lipinski definition) is 1. The smallest absolute Gasteiger partial charge is 0.296 e. The van der Waals surface area contributed by atoms with Gasteiger partial charge in [-0.2, -0.15) is 0 Å². The van der Waals surface area contributed by atoms with Crippen LogP contribution in [0.2, 0.25) is 0 Å². The third-order valence-corrected chi connectivity index (χ3v) is 4.81. The molecule has 4 nitrogen and oxygen atoms in total. The van der Waals surface area contributed by atoms with Crippen LogP contribution in [0.15, 0.2) is 12.1 Å². The molecule has 1 atom stereocenters. The highest BCUT2D eigenvalue weighted by Crippen LogP contribution is 2.34. The Morgan fingerprint density at radius 1 is 1.18 bits per heavy atom. The van der Waals surface area contributed by atoms with Crippen molar-refractivity contribution >= 4 is 17.4 Å². The molecule has 1 aliphatic heterocycles. The summed E-state index contributed by atoms with van der Waals surface area (Å²) in [4.78, 5) is 26.2. The van der Waals surface area contributed by atoms with Crippen LogP contribution in [0.1, 0.15) is 54.6 Å². The lowest BCUT2D eigenvalue weighted by Crippen LogP contribution is -2.40. The van der Waals surface area contributed by atoms with Crippen LogP contribution in [0.5, 0.6) is 0 Å². The van der Waals surface area contributed by atoms with Crippen molar-refractivity contribution in [3.8, 4) is 0 Å². The van der Waals surface area contributed by atoms with Gasteiger partial charge in [-0.15, -0.1) is 0 Å². The van der Waals surface area contributed by atoms with Gasteiger partial charge >= 0.3 is 0 Å². The fourth-order valence-electron chi connectivity index (χ4n) is 3.85. The van der Waals surface area contributed by atoms with E-state index in [4.69, 9.17) is 0 Å². The van der Waals surface area contributed by atoms with Crippen molar-refractivity contribution in [1.82, 2.24) is 4.90 Å². The van der Waals surface area contributed by atoms with Crippen molar-refractivity contribution in [3.05, 3.63) is 28.8 Å². The zero-order valence-electron chi connectivity index (χ0n) is 13.4. The molecule has 0 saturated carbocycles. The number of carbonyl (C=O) groups excluding carboxylic acids is 2. The van der Waals surface area contributed by atoms with Crippen LogP contribution in [0.3, 0.4) is 0 Å². The SMILES string of the molecule is CCCN(CCC)C1CCc2c(ccc3c2C(=O)C(=O)N3)C1. The molecular formula is C18H24N2O2. The minimum Gasteiger partial charge on any atom is -0.318 e. The van der Waals surface area contributed by atoms with Gasteiger partial charge in [0, 0.05) is 6.04 Å². The van der Waals surface area contributed by atoms with E-state index in [0.29, 0.717) is 17.3 Å². The molecule has 1 heterocycles. The third-order valence-electron chi connectivity index (χ3n) is 4.81. The number of carbonyl (C=O) groups is 2. The van der Waals surface area contributed by atoms with Gasteiger partial charge in [0.15, 0.2) is 0 Å². The Morgan fingerprint density at radius 2 is 1.91 bits per heavy atom. The Balaban J connectivity index is 1.86. The van der Waals surface area contributed by atoms with Crippen molar-refractivity contribution in [1.29, 1.82) is 0 Å². The summed E-state index contributed by atoms with van der Waals surface area (Å²) in [7, 11) is 0. The average Bonchev–Trinajstić information content (AvgIpc) is 2.82. The number of benzene rings is 1. The number of amides is 1. The molecule has 0 bridgehead atoms. The predicted molar refractivity (Wildman–Crippen MR) is 87.4 cm³/mol. The lowest BCUT2D eigenvalue weighted by molar-refractivity contribution is -0.112. The van der Waals surface area contributed by atoms with Crippen LogP contribution in [-0.2, 0) is 17.6 Å². The Hall–Kier alpha value is -1.68. The zero-order valence-corrected chi connectivity index (χ0v) is 13.4. The quantitative estimate of drug-likeness (QED) is 0.851. The topological polar surface area (TPSA) is 49.4 Å². The lowest BCUT2D eigenvalue weighted by atomic mass is 9.83. The summed E-state index contributed by atoms with van der Waals surface area (Å²) >= 11 is 0. The molecule has 0 radical (unpaired) electrons. The molecule has 0 aromatic heterocycles. The van der Waals surface area contributed by atoms with Gasteiger partial charge in [0.2, 0.25) is 0 Å². The maximum Gasteiger partial charge on any atom is 0.296 e. The van der Waals surface area contributed by atoms with E-state index in [1.807, 2.05) is 6.07 Å². The number of rotatable bonds is 5. The number of Topliss-reactive ketones (excluding diaryl/α,β-unsaturated/α-hetero) is 1. The van der Waals surface area contributed by atoms with Crippen LogP contribution in [0, 0.1) is 0 Å². The first-order valence-corrected chi connectivity index (χ1v) is 8.40. The van der Waals surface area contributed by atoms with Crippen LogP contribution in [-0.4, -0.2) is 35.7 Å². The Kier molecular flexibility index (Phi) is 4.30. The summed E-state index contributed by atoms with van der Waals surface area (Å²) < 4.78 is 0. The Morgan fingerprint density at radius 3 is 2.59 bits per heavy atom. The number of anilines is 1. The van der Waals surface area contributed by atoms with E-state index < -0.39 is 5.91 Å². The molecule has 3 rings (SSSR count). The summed E-state index contributed by atoms with van der Waals surface area (Å²) in [6.07, 6.45) is 5.30. The monoisotopic (exact) mass is 300 g/mol. The van der Waals surface area contributed by atoms with Gasteiger partial charge < -0.3 is 10.2 Å². The van der Waals surface area contributed by atoms with E-state index in [1.54, 1.807) is 0 Å². The number of nitrogens with one attached hydrogen (secondary N) is 1. The summed E-state index contributed by atoms with van der Waals surface area (Å²) in [6, 6.07) is 4.55. The van der Waals surface area contributed by atoms with Gasteiger partial charge in [-0.3, -0.25) is 9.59 Å². The maximum atomic E-state index is 12.1. The first kappa shape index (κ1) is 15.2. The number of fused-ring (bicyclic) bond motifs is 3. The second kappa shape index (κ2) is 6.21. The standard InChI is InChI=1S/C18H24N2O2/c1-3-9-20(10-4-2)13-6-7-14-12(11-13)5-8-15-16(14)17(21)18(22)19-15/h5,8,13H,3-4,6-7,9-11H2,1-2H3,(H,19,21,22). The molecule has 1 aromatic carbocycles. The van der Waals surface area contributed by atoms with Crippen molar-refractivity contribution in [3.63, 3.8) is 0 Å². The first-order valence-electron chi connectivity index (χ1n) is 8.40. The summed E-state index contributed by atoms with van der Waals surface area (Å²) in [5, 5.41) is 2.67. The highest BCUT2D eigenvalue weighted by molar-refractivity contribution is 6.52. The Bertz CT molecular complexity index is 603. The number of hydrogen-bond acceptors (Lipinski definition) is 3. The van der Waals surface area contributed by atoms with E-state index in [2.05, 4.69) is 30.1 Å². The van der Waals surface area contributed by atoms with Crippen molar-refractivity contribution in [2.75, 3.05) is 18.4 Å². The van der Waals surface area contributed by atoms with Crippen molar-refractivity contribution < 1.29 is 9.59 Å². The van der Waals surface area contributed by atoms with Gasteiger partial charge in [-0.1, -0.05) is 19.9 Å². The van der Waals surface area contributed by atoms with E-state index in [0.717, 1.165) is 37.9 Å². The molecule has 1 amide bonds. The fourth-order valence-corrected chi connectivity index (χ4v) is 3.85. The van der Waals surface area contributed by atoms with E-state index in [1.165, 1.54) is 18.4 Å². The molecule has 4 heteroatoms. The molecule has 1 aliphatic carbocycles. The van der Waals surface area contributed by atoms with E-state index >= 15 is 0 Å². The van der Waals surface area contributed by atoms with Gasteiger partial charge in [0.1, 0.15) is 0 Å². The minimum atomic E-state index is -0.482. The normalized spacial score (nSPS) is 20.0. The molecule has 1 aromatic rings. The molecule has 0 fully saturated rings. The lowest BCUT2D eigenvalue weighted by Gasteiger charge is -2.35. The fraction of sp³-hybridized carbons (Fsp3) is 0.556. The first-order chi connectivity index (χ1) is 10.7. The zero-order chi connectivity index (χ0) is 15.7. The van der Waals surface area contributed by atoms with Crippen molar-refractivity contribution in [2.45, 2.75) is 52.0 Å². The van der Waals surface area contributed by atoms with E-state index in [-0.39, 0.29) is 5.78 Å². The third kappa shape index (κ3) is 2.56. The van der Waals surface area contributed by atoms with Crippen LogP contribution >= 0.6 is 0 Å². The molecule has 22 heavy (non-hydrogen) atoms. The predicted octanol–water partition coefficient (Wildman–Crippen LogP) is 2.80. The van der Waals surface area contributed by atoms with Crippen LogP contribution < -0.4 is 5.32 Å². The summed E-state index contributed by atoms with van der Waals surface area (Å²) in [5.74, 6) is -0.839. The molecule has 0 spiro atoms. The second-order valence-corrected chi connectivity index (χ2v) is 6.34. The highest BCUT2D eigenvalue weighted by Gasteiger charge is 2.34. The van der Waals surface area contributed by atoms with Gasteiger partial charge in [-0.25, -0.2) is 0 Å². The van der Waals surface area contributed by atoms with Gasteiger partial charge in [0.25, 0.3) is 11.7 Å². The molecule has 1 unspecified atom stereocenters. The largest absolute Gasteiger partial charge is 0.318 e. The summed E-state index contributed by atoms with van der Waals surface area (Å²) in [6.45, 7) is 6.72. The van der Waals surface area contributed by atoms with Crippen molar-refractivity contribution in [2.24, 2.45) is 0 Å². The van der Waals surface area contributed by atoms with Gasteiger partial charge in [-0.05, 0) is 62.4 Å². The maximum absolute atomic E-state index is 12.1. The molecule has 118 valence electrons. The number of nitrogens with zero attached hydrogens (tertiary/aromatic N) is 1. The molecule has 2 aliphatic rings. The molecular weight excluding hydrogens is 276 g/mol. The van der Waals surface area contributed by atoms with Gasteiger partial charge in [0.05, 0.1) is 11.3 Å². The van der Waals surface area contributed by atoms with Crippen LogP contribution in [0.25, 0.3) is 0 Å². The van der Waals surface area contributed by atoms with E-state index in [9.17, 15) is 9.59 Å². The second-order valence-electron chi connectivity index (χ2n) is 6.34. The summed E-state index contributed by atoms with van der Waals surface area (Å²) in [5.41, 5.74) is 3.69. The molecule has 1 N–H and O–H groups in total. The highest BCUT2D eigenvalue weighted by atomic mass is 16.2. The Labute approximate surface area is 131 Å². The molecule has 0 saturated heterocycles. The van der Waals surface area contributed by atoms with Crippen LogP contribution in [0.4, 0.5) is 5.69 Å². The average molecular weight is 300 g/mol.